The van der Waals surface area contributed by atoms with Crippen LogP contribution in [0.3, 0.4) is 0 Å². The summed E-state index contributed by atoms with van der Waals surface area (Å²) in [6, 6.07) is 10.3. The first kappa shape index (κ1) is 34.0. The van der Waals surface area contributed by atoms with Crippen LogP contribution in [0.25, 0.3) is 0 Å². The highest BCUT2D eigenvalue weighted by atomic mass is 35.5. The third kappa shape index (κ3) is 4.70. The molecule has 3 aromatic carbocycles. The predicted octanol–water partition coefficient (Wildman–Crippen LogP) is 7.34. The molecule has 260 valence electrons. The molecule has 1 saturated carbocycles. The highest BCUT2D eigenvalue weighted by molar-refractivity contribution is 6.58. The van der Waals surface area contributed by atoms with E-state index in [0.717, 1.165) is 24.3 Å². The molecule has 0 bridgehead atoms. The molecule has 2 saturated heterocycles. The van der Waals surface area contributed by atoms with E-state index in [-0.39, 0.29) is 52.1 Å². The minimum atomic E-state index is -5.27. The number of allylic oxidation sites excluding steroid dienone is 2. The summed E-state index contributed by atoms with van der Waals surface area (Å²) in [6.45, 7) is 0. The lowest BCUT2D eigenvalue weighted by molar-refractivity contribution is -0.143. The number of carbonyl (C=O) groups excluding carboxylic acids is 4. The molecule has 6 unspecified atom stereocenters. The summed E-state index contributed by atoms with van der Waals surface area (Å²) in [6.07, 6.45) is -9.88. The quantitative estimate of drug-likeness (QED) is 0.131. The molecule has 7 nitrogen and oxygen atoms in total. The number of aromatic hydroxyl groups is 1. The number of nitrogens with zero attached hydrogens (tertiary/aromatic N) is 2. The number of halogens is 9. The summed E-state index contributed by atoms with van der Waals surface area (Å²) in [4.78, 5) is 52.7. The van der Waals surface area contributed by atoms with Gasteiger partial charge in [0, 0.05) is 11.5 Å². The van der Waals surface area contributed by atoms with Gasteiger partial charge in [0.2, 0.25) is 11.8 Å². The van der Waals surface area contributed by atoms with Crippen molar-refractivity contribution in [1.29, 1.82) is 0 Å². The number of amides is 4. The lowest BCUT2D eigenvalue weighted by Gasteiger charge is -2.50. The van der Waals surface area contributed by atoms with Gasteiger partial charge in [-0.25, -0.2) is 14.2 Å². The maximum atomic E-state index is 14.3. The largest absolute Gasteiger partial charge is 0.508 e. The fraction of sp³-hybridized carbons (Fsp3) is 0.294. The lowest BCUT2D eigenvalue weighted by Crippen LogP contribution is -2.60. The van der Waals surface area contributed by atoms with Gasteiger partial charge in [-0.3, -0.25) is 19.2 Å². The van der Waals surface area contributed by atoms with E-state index in [1.165, 1.54) is 30.3 Å². The number of hydrogen-bond acceptors (Lipinski definition) is 5. The van der Waals surface area contributed by atoms with Crippen molar-refractivity contribution in [3.8, 4) is 5.75 Å². The SMILES string of the molecule is O=C1C2CC=C3C(CC4(Cl)C(=O)N(c5ccc(F)cc5)C(=O)C4(Cl)C3c3ccccc3O)C2C(=O)N1c1cc(C(F)(F)F)cc(C(F)(F)F)c1. The molecular weight excluding hydrogens is 720 g/mol. The predicted molar refractivity (Wildman–Crippen MR) is 164 cm³/mol. The summed E-state index contributed by atoms with van der Waals surface area (Å²) < 4.78 is 96.1. The Hall–Kier alpha value is -4.43. The van der Waals surface area contributed by atoms with Crippen LogP contribution in [0.1, 0.15) is 35.4 Å². The van der Waals surface area contributed by atoms with E-state index in [1.54, 1.807) is 0 Å². The van der Waals surface area contributed by atoms with Gasteiger partial charge in [-0.05, 0) is 67.3 Å². The minimum absolute atomic E-state index is 0.0188. The van der Waals surface area contributed by atoms with E-state index >= 15 is 0 Å². The average molecular weight is 741 g/mol. The Morgan fingerprint density at radius 1 is 0.740 bits per heavy atom. The van der Waals surface area contributed by atoms with Crippen LogP contribution < -0.4 is 9.80 Å². The van der Waals surface area contributed by atoms with Crippen molar-refractivity contribution in [3.63, 3.8) is 0 Å². The first-order chi connectivity index (χ1) is 23.3. The summed E-state index contributed by atoms with van der Waals surface area (Å²) in [5, 5.41) is 11.0. The Kier molecular flexibility index (Phi) is 7.51. The molecule has 0 spiro atoms. The molecule has 1 N–H and O–H groups in total. The smallest absolute Gasteiger partial charge is 0.416 e. The van der Waals surface area contributed by atoms with Crippen molar-refractivity contribution in [1.82, 2.24) is 0 Å². The normalized spacial score (nSPS) is 29.6. The van der Waals surface area contributed by atoms with E-state index < -0.39 is 98.5 Å². The molecule has 50 heavy (non-hydrogen) atoms. The summed E-state index contributed by atoms with van der Waals surface area (Å²) >= 11 is 14.4. The second kappa shape index (κ2) is 11.0. The van der Waals surface area contributed by atoms with Gasteiger partial charge in [0.25, 0.3) is 11.8 Å². The van der Waals surface area contributed by atoms with Gasteiger partial charge >= 0.3 is 12.4 Å². The average Bonchev–Trinajstić information content (AvgIpc) is 3.39. The standard InChI is InChI=1S/C34H21Cl2F7N2O5/c35-31-14-23-20(9-10-22-25(23)28(48)44(27(22)47)19-12-15(33(38,39)40)11-16(13-19)34(41,42)43)26(21-3-1-2-4-24(21)46)32(31,36)30(50)45(29(31)49)18-7-5-17(37)6-8-18/h1-9,11-13,22-23,25-26,46H,10,14H2. The second-order valence-electron chi connectivity index (χ2n) is 12.6. The summed E-state index contributed by atoms with van der Waals surface area (Å²) in [5.41, 5.74) is -4.29. The Labute approximate surface area is 287 Å². The number of imide groups is 2. The highest BCUT2D eigenvalue weighted by Crippen LogP contribution is 2.66. The van der Waals surface area contributed by atoms with Gasteiger partial charge in [-0.2, -0.15) is 26.3 Å². The van der Waals surface area contributed by atoms with Crippen LogP contribution in [-0.2, 0) is 31.5 Å². The summed E-state index contributed by atoms with van der Waals surface area (Å²) in [5.74, 6) is -10.8. The van der Waals surface area contributed by atoms with Crippen molar-refractivity contribution in [2.75, 3.05) is 9.80 Å². The molecule has 4 aliphatic rings. The van der Waals surface area contributed by atoms with Gasteiger partial charge in [0.1, 0.15) is 11.6 Å². The van der Waals surface area contributed by atoms with Crippen molar-refractivity contribution in [3.05, 3.63) is 101 Å². The van der Waals surface area contributed by atoms with E-state index in [0.29, 0.717) is 4.90 Å². The zero-order valence-corrected chi connectivity index (χ0v) is 26.5. The number of anilines is 2. The molecule has 2 aliphatic heterocycles. The molecular formula is C34H21Cl2F7N2O5. The Morgan fingerprint density at radius 3 is 1.92 bits per heavy atom. The van der Waals surface area contributed by atoms with Gasteiger partial charge in [-0.1, -0.05) is 29.8 Å². The number of carbonyl (C=O) groups is 4. The Bertz CT molecular complexity index is 2000. The van der Waals surface area contributed by atoms with E-state index in [4.69, 9.17) is 23.2 Å². The first-order valence-corrected chi connectivity index (χ1v) is 15.7. The third-order valence-corrected chi connectivity index (χ3v) is 11.4. The molecule has 4 amide bonds. The van der Waals surface area contributed by atoms with Gasteiger partial charge in [0.15, 0.2) is 9.75 Å². The van der Waals surface area contributed by atoms with E-state index in [1.807, 2.05) is 0 Å². The Balaban J connectivity index is 1.38. The molecule has 6 atom stereocenters. The van der Waals surface area contributed by atoms with E-state index in [2.05, 4.69) is 0 Å². The molecule has 0 aromatic heterocycles. The second-order valence-corrected chi connectivity index (χ2v) is 13.8. The van der Waals surface area contributed by atoms with Crippen molar-refractivity contribution in [2.24, 2.45) is 17.8 Å². The number of fused-ring (bicyclic) bond motifs is 4. The maximum absolute atomic E-state index is 14.3. The van der Waals surface area contributed by atoms with Crippen LogP contribution in [0.4, 0.5) is 42.1 Å². The van der Waals surface area contributed by atoms with Gasteiger partial charge in [-0.15, -0.1) is 23.2 Å². The third-order valence-electron chi connectivity index (χ3n) is 9.97. The van der Waals surface area contributed by atoms with Crippen LogP contribution in [0.5, 0.6) is 5.75 Å². The van der Waals surface area contributed by atoms with Crippen molar-refractivity contribution in [2.45, 2.75) is 40.9 Å². The number of benzene rings is 3. The number of para-hydroxylation sites is 1. The minimum Gasteiger partial charge on any atom is -0.508 e. The topological polar surface area (TPSA) is 95.0 Å². The first-order valence-electron chi connectivity index (χ1n) is 15.0. The van der Waals surface area contributed by atoms with Crippen LogP contribution in [-0.4, -0.2) is 38.5 Å². The molecule has 2 aliphatic carbocycles. The zero-order chi connectivity index (χ0) is 36.3. The van der Waals surface area contributed by atoms with E-state index in [9.17, 15) is 55.0 Å². The number of rotatable bonds is 3. The monoisotopic (exact) mass is 740 g/mol. The fourth-order valence-corrected chi connectivity index (χ4v) is 8.72. The Morgan fingerprint density at radius 2 is 1.34 bits per heavy atom. The number of hydrogen-bond donors (Lipinski definition) is 1. The zero-order valence-electron chi connectivity index (χ0n) is 25.0. The van der Waals surface area contributed by atoms with Crippen LogP contribution in [0, 0.1) is 23.6 Å². The summed E-state index contributed by atoms with van der Waals surface area (Å²) in [7, 11) is 0. The van der Waals surface area contributed by atoms with Gasteiger partial charge < -0.3 is 5.11 Å². The lowest BCUT2D eigenvalue weighted by atomic mass is 9.56. The molecule has 3 fully saturated rings. The molecule has 7 rings (SSSR count). The van der Waals surface area contributed by atoms with Crippen LogP contribution >= 0.6 is 23.2 Å². The molecule has 3 aromatic rings. The molecule has 16 heteroatoms. The van der Waals surface area contributed by atoms with Crippen LogP contribution in [0.15, 0.2) is 78.4 Å². The molecule has 0 radical (unpaired) electrons. The van der Waals surface area contributed by atoms with Crippen molar-refractivity contribution < 1.29 is 55.0 Å². The molecule has 2 heterocycles. The highest BCUT2D eigenvalue weighted by Gasteiger charge is 2.77. The fourth-order valence-electron chi connectivity index (χ4n) is 7.80. The van der Waals surface area contributed by atoms with Gasteiger partial charge in [0.05, 0.1) is 34.3 Å². The van der Waals surface area contributed by atoms with Crippen LogP contribution in [0.2, 0.25) is 0 Å². The number of phenolic OH excluding ortho intramolecular Hbond substituents is 1. The number of phenols is 1. The maximum Gasteiger partial charge on any atom is 0.416 e. The number of alkyl halides is 8. The van der Waals surface area contributed by atoms with Crippen molar-refractivity contribution >= 4 is 58.2 Å².